The van der Waals surface area contributed by atoms with Crippen molar-refractivity contribution >= 4 is 39.1 Å². The van der Waals surface area contributed by atoms with Crippen LogP contribution in [0.3, 0.4) is 0 Å². The van der Waals surface area contributed by atoms with E-state index in [1.165, 1.54) is 22.5 Å². The van der Waals surface area contributed by atoms with Gasteiger partial charge >= 0.3 is 0 Å². The third kappa shape index (κ3) is 6.05. The van der Waals surface area contributed by atoms with Crippen LogP contribution < -0.4 is 5.32 Å². The number of halogens is 1. The predicted octanol–water partition coefficient (Wildman–Crippen LogP) is 1.30. The minimum Gasteiger partial charge on any atom is -0.342 e. The quantitative estimate of drug-likeness (QED) is 0.610. The van der Waals surface area contributed by atoms with Crippen molar-refractivity contribution in [1.82, 2.24) is 19.0 Å². The van der Waals surface area contributed by atoms with Crippen molar-refractivity contribution < 1.29 is 18.0 Å². The summed E-state index contributed by atoms with van der Waals surface area (Å²) in [7, 11) is -3.59. The van der Waals surface area contributed by atoms with Crippen LogP contribution in [-0.2, 0) is 19.6 Å². The van der Waals surface area contributed by atoms with Crippen LogP contribution in [0.5, 0.6) is 0 Å². The summed E-state index contributed by atoms with van der Waals surface area (Å²) >= 11 is 6.23. The number of nitrogens with zero attached hydrogens (tertiary/aromatic N) is 4. The maximum Gasteiger partial charge on any atom is 0.243 e. The Bertz CT molecular complexity index is 969. The number of sulfonamides is 1. The van der Waals surface area contributed by atoms with Gasteiger partial charge in [0.05, 0.1) is 28.7 Å². The second-order valence-corrected chi connectivity index (χ2v) is 11.3. The molecule has 2 amide bonds. The molecule has 0 saturated carbocycles. The van der Waals surface area contributed by atoms with Crippen LogP contribution in [0.25, 0.3) is 0 Å². The molecule has 11 heteroatoms. The Labute approximate surface area is 200 Å². The topological polar surface area (TPSA) is 93.3 Å². The zero-order chi connectivity index (χ0) is 23.4. The number of rotatable bonds is 7. The number of carbonyl (C=O) groups excluding carboxylic acids is 2. The number of anilines is 1. The second kappa shape index (κ2) is 10.7. The van der Waals surface area contributed by atoms with Gasteiger partial charge in [0.1, 0.15) is 0 Å². The van der Waals surface area contributed by atoms with Gasteiger partial charge in [-0.1, -0.05) is 11.6 Å². The smallest absolute Gasteiger partial charge is 0.243 e. The van der Waals surface area contributed by atoms with Crippen LogP contribution in [0.1, 0.15) is 25.7 Å². The summed E-state index contributed by atoms with van der Waals surface area (Å²) in [5, 5.41) is 3.07. The molecular weight excluding hydrogens is 466 g/mol. The lowest BCUT2D eigenvalue weighted by molar-refractivity contribution is -0.132. The molecule has 1 aromatic rings. The molecule has 0 aliphatic carbocycles. The van der Waals surface area contributed by atoms with Crippen LogP contribution in [0.2, 0.25) is 5.02 Å². The first-order chi connectivity index (χ1) is 15.8. The Balaban J connectivity index is 1.28. The third-order valence-corrected chi connectivity index (χ3v) is 8.79. The van der Waals surface area contributed by atoms with Crippen molar-refractivity contribution in [2.75, 3.05) is 70.8 Å². The van der Waals surface area contributed by atoms with Crippen LogP contribution in [0, 0.1) is 0 Å². The van der Waals surface area contributed by atoms with Gasteiger partial charge in [-0.25, -0.2) is 8.42 Å². The Hall–Kier alpha value is -1.72. The monoisotopic (exact) mass is 497 g/mol. The lowest BCUT2D eigenvalue weighted by atomic mass is 10.3. The minimum atomic E-state index is -3.59. The van der Waals surface area contributed by atoms with Gasteiger partial charge in [-0.05, 0) is 43.9 Å². The van der Waals surface area contributed by atoms with E-state index in [-0.39, 0.29) is 23.3 Å². The summed E-state index contributed by atoms with van der Waals surface area (Å²) in [5.41, 5.74) is 0.303. The highest BCUT2D eigenvalue weighted by atomic mass is 35.5. The van der Waals surface area contributed by atoms with Gasteiger partial charge in [0.15, 0.2) is 0 Å². The fourth-order valence-corrected chi connectivity index (χ4v) is 6.30. The zero-order valence-electron chi connectivity index (χ0n) is 18.8. The van der Waals surface area contributed by atoms with Crippen molar-refractivity contribution in [1.29, 1.82) is 0 Å². The van der Waals surface area contributed by atoms with Gasteiger partial charge in [-0.2, -0.15) is 4.31 Å². The van der Waals surface area contributed by atoms with E-state index in [2.05, 4.69) is 10.2 Å². The summed E-state index contributed by atoms with van der Waals surface area (Å²) in [6.07, 6.45) is 3.89. The lowest BCUT2D eigenvalue weighted by Gasteiger charge is -2.34. The summed E-state index contributed by atoms with van der Waals surface area (Å²) in [6, 6.07) is 4.43. The van der Waals surface area contributed by atoms with Crippen molar-refractivity contribution in [2.45, 2.75) is 30.6 Å². The maximum absolute atomic E-state index is 12.8. The van der Waals surface area contributed by atoms with E-state index in [0.717, 1.165) is 51.9 Å². The number of likely N-dealkylation sites (tertiary alicyclic amines) is 1. The summed E-state index contributed by atoms with van der Waals surface area (Å²) < 4.78 is 27.1. The number of nitrogens with one attached hydrogen (secondary N) is 1. The molecule has 1 aromatic carbocycles. The first-order valence-corrected chi connectivity index (χ1v) is 13.5. The van der Waals surface area contributed by atoms with E-state index >= 15 is 0 Å². The molecule has 0 aromatic heterocycles. The van der Waals surface area contributed by atoms with Gasteiger partial charge in [0, 0.05) is 52.4 Å². The molecule has 3 aliphatic heterocycles. The molecule has 1 N–H and O–H groups in total. The van der Waals surface area contributed by atoms with Crippen LogP contribution >= 0.6 is 11.6 Å². The number of carbonyl (C=O) groups is 2. The molecule has 33 heavy (non-hydrogen) atoms. The maximum atomic E-state index is 12.8. The molecular formula is C22H32ClN5O4S. The first-order valence-electron chi connectivity index (χ1n) is 11.6. The minimum absolute atomic E-state index is 0.139. The fraction of sp³-hybridized carbons (Fsp3) is 0.636. The number of hydrogen-bond acceptors (Lipinski definition) is 6. The highest BCUT2D eigenvalue weighted by molar-refractivity contribution is 7.89. The van der Waals surface area contributed by atoms with Gasteiger partial charge in [0.25, 0.3) is 0 Å². The SMILES string of the molecule is O=C(CN1CCN(CC(=O)N2CCCC2)CC1)Nc1cc(S(=O)(=O)N2CCCC2)ccc1Cl. The van der Waals surface area contributed by atoms with Crippen molar-refractivity contribution in [3.8, 4) is 0 Å². The van der Waals surface area contributed by atoms with Crippen LogP contribution in [0.4, 0.5) is 5.69 Å². The number of piperazine rings is 1. The van der Waals surface area contributed by atoms with Crippen molar-refractivity contribution in [3.05, 3.63) is 23.2 Å². The number of benzene rings is 1. The van der Waals surface area contributed by atoms with Gasteiger partial charge in [0.2, 0.25) is 21.8 Å². The standard InChI is InChI=1S/C22H32ClN5O4S/c23-19-6-5-18(33(31,32)28-9-3-4-10-28)15-20(19)24-21(29)16-25-11-13-26(14-12-25)17-22(30)27-7-1-2-8-27/h5-6,15H,1-4,7-14,16-17H2,(H,24,29). The Morgan fingerprint density at radius 2 is 1.42 bits per heavy atom. The molecule has 0 spiro atoms. The molecule has 3 fully saturated rings. The van der Waals surface area contributed by atoms with E-state index in [4.69, 9.17) is 11.6 Å². The Morgan fingerprint density at radius 3 is 2.06 bits per heavy atom. The molecule has 0 atom stereocenters. The molecule has 9 nitrogen and oxygen atoms in total. The average molecular weight is 498 g/mol. The number of amides is 2. The third-order valence-electron chi connectivity index (χ3n) is 6.56. The lowest BCUT2D eigenvalue weighted by Crippen LogP contribution is -2.51. The molecule has 3 saturated heterocycles. The van der Waals surface area contributed by atoms with Gasteiger partial charge < -0.3 is 10.2 Å². The molecule has 0 bridgehead atoms. The van der Waals surface area contributed by atoms with E-state index < -0.39 is 10.0 Å². The van der Waals surface area contributed by atoms with Gasteiger partial charge in [-0.3, -0.25) is 19.4 Å². The first kappa shape index (κ1) is 24.4. The molecule has 3 heterocycles. The van der Waals surface area contributed by atoms with Crippen LogP contribution in [0.15, 0.2) is 23.1 Å². The van der Waals surface area contributed by atoms with Gasteiger partial charge in [-0.15, -0.1) is 0 Å². The Kier molecular flexibility index (Phi) is 7.91. The van der Waals surface area contributed by atoms with E-state index in [9.17, 15) is 18.0 Å². The van der Waals surface area contributed by atoms with Crippen molar-refractivity contribution in [3.63, 3.8) is 0 Å². The highest BCUT2D eigenvalue weighted by Gasteiger charge is 2.28. The molecule has 3 aliphatic rings. The predicted molar refractivity (Wildman–Crippen MR) is 127 cm³/mol. The van der Waals surface area contributed by atoms with Crippen LogP contribution in [-0.4, -0.2) is 105 Å². The largest absolute Gasteiger partial charge is 0.342 e. The van der Waals surface area contributed by atoms with Crippen molar-refractivity contribution in [2.24, 2.45) is 0 Å². The Morgan fingerprint density at radius 1 is 0.848 bits per heavy atom. The molecule has 0 unspecified atom stereocenters. The normalized spacial score (nSPS) is 20.9. The molecule has 4 rings (SSSR count). The summed E-state index contributed by atoms with van der Waals surface area (Å²) in [6.45, 7) is 6.24. The second-order valence-electron chi connectivity index (χ2n) is 8.94. The molecule has 0 radical (unpaired) electrons. The summed E-state index contributed by atoms with van der Waals surface area (Å²) in [4.78, 5) is 31.2. The highest BCUT2D eigenvalue weighted by Crippen LogP contribution is 2.28. The van der Waals surface area contributed by atoms with E-state index in [1.54, 1.807) is 0 Å². The zero-order valence-corrected chi connectivity index (χ0v) is 20.4. The van der Waals surface area contributed by atoms with E-state index in [1.807, 2.05) is 9.80 Å². The number of hydrogen-bond donors (Lipinski definition) is 1. The molecule has 182 valence electrons. The summed E-state index contributed by atoms with van der Waals surface area (Å²) in [5.74, 6) is -0.0497. The fourth-order valence-electron chi connectivity index (χ4n) is 4.59. The van der Waals surface area contributed by atoms with E-state index in [0.29, 0.717) is 43.4 Å². The average Bonchev–Trinajstić information content (AvgIpc) is 3.51.